The van der Waals surface area contributed by atoms with Crippen LogP contribution in [-0.4, -0.2) is 35.4 Å². The van der Waals surface area contributed by atoms with Gasteiger partial charge in [-0.3, -0.25) is 9.59 Å². The van der Waals surface area contributed by atoms with E-state index >= 15 is 0 Å². The van der Waals surface area contributed by atoms with E-state index in [0.717, 1.165) is 11.1 Å². The fourth-order valence-electron chi connectivity index (χ4n) is 4.06. The Morgan fingerprint density at radius 1 is 0.889 bits per heavy atom. The number of rotatable bonds is 11. The number of hydrogen-bond donors (Lipinski definition) is 1. The molecule has 0 aliphatic carbocycles. The standard InChI is InChI=1S/C30H35FN2O3/c1-21(2)25-15-9-11-17-28(25)36-20-29(34)33(19-24-14-8-10-16-26(24)31)27(30(35)32-22(3)4)18-23-12-6-5-7-13-23/h5-17,21-22,27H,18-20H2,1-4H3,(H,32,35)/t27-/m0/s1. The lowest BCUT2D eigenvalue weighted by Gasteiger charge is -2.32. The summed E-state index contributed by atoms with van der Waals surface area (Å²) in [6, 6.07) is 22.4. The number of hydrogen-bond acceptors (Lipinski definition) is 3. The topological polar surface area (TPSA) is 58.6 Å². The van der Waals surface area contributed by atoms with Crippen molar-refractivity contribution in [3.63, 3.8) is 0 Å². The first-order chi connectivity index (χ1) is 17.3. The van der Waals surface area contributed by atoms with Gasteiger partial charge in [-0.15, -0.1) is 0 Å². The molecule has 3 aromatic rings. The Hall–Kier alpha value is -3.67. The summed E-state index contributed by atoms with van der Waals surface area (Å²) in [6.07, 6.45) is 0.294. The zero-order valence-electron chi connectivity index (χ0n) is 21.4. The van der Waals surface area contributed by atoms with Crippen LogP contribution in [0.2, 0.25) is 0 Å². The Bertz CT molecular complexity index is 1150. The first-order valence-electron chi connectivity index (χ1n) is 12.3. The highest BCUT2D eigenvalue weighted by Gasteiger charge is 2.31. The van der Waals surface area contributed by atoms with Crippen molar-refractivity contribution in [2.24, 2.45) is 0 Å². The lowest BCUT2D eigenvalue weighted by atomic mass is 10.0. The molecule has 3 rings (SSSR count). The maximum Gasteiger partial charge on any atom is 0.261 e. The molecule has 2 amide bonds. The zero-order valence-corrected chi connectivity index (χ0v) is 21.4. The smallest absolute Gasteiger partial charge is 0.261 e. The Balaban J connectivity index is 1.94. The van der Waals surface area contributed by atoms with Gasteiger partial charge in [0, 0.05) is 24.6 Å². The summed E-state index contributed by atoms with van der Waals surface area (Å²) < 4.78 is 20.6. The van der Waals surface area contributed by atoms with Crippen LogP contribution in [0.4, 0.5) is 4.39 Å². The van der Waals surface area contributed by atoms with Crippen LogP contribution >= 0.6 is 0 Å². The number of nitrogens with zero attached hydrogens (tertiary/aromatic N) is 1. The van der Waals surface area contributed by atoms with E-state index in [0.29, 0.717) is 17.7 Å². The fourth-order valence-corrected chi connectivity index (χ4v) is 4.06. The second-order valence-electron chi connectivity index (χ2n) is 9.46. The molecule has 3 aromatic carbocycles. The van der Waals surface area contributed by atoms with Crippen molar-refractivity contribution in [3.8, 4) is 5.75 Å². The van der Waals surface area contributed by atoms with E-state index in [4.69, 9.17) is 4.74 Å². The van der Waals surface area contributed by atoms with E-state index in [-0.39, 0.29) is 31.0 Å². The van der Waals surface area contributed by atoms with E-state index in [2.05, 4.69) is 19.2 Å². The third-order valence-electron chi connectivity index (χ3n) is 5.89. The highest BCUT2D eigenvalue weighted by atomic mass is 19.1. The molecule has 0 heterocycles. The number of nitrogens with one attached hydrogen (secondary N) is 1. The Labute approximate surface area is 213 Å². The van der Waals surface area contributed by atoms with Crippen LogP contribution in [0.15, 0.2) is 78.9 Å². The quantitative estimate of drug-likeness (QED) is 0.387. The van der Waals surface area contributed by atoms with E-state index < -0.39 is 17.8 Å². The summed E-state index contributed by atoms with van der Waals surface area (Å²) in [5.41, 5.74) is 2.23. The first kappa shape index (κ1) is 26.9. The van der Waals surface area contributed by atoms with Gasteiger partial charge in [0.1, 0.15) is 17.6 Å². The number of amides is 2. The molecule has 190 valence electrons. The van der Waals surface area contributed by atoms with Gasteiger partial charge in [-0.25, -0.2) is 4.39 Å². The van der Waals surface area contributed by atoms with Crippen molar-refractivity contribution >= 4 is 11.8 Å². The molecule has 6 heteroatoms. The zero-order chi connectivity index (χ0) is 26.1. The third-order valence-corrected chi connectivity index (χ3v) is 5.89. The Morgan fingerprint density at radius 2 is 1.53 bits per heavy atom. The normalized spacial score (nSPS) is 11.9. The number of carbonyl (C=O) groups is 2. The van der Waals surface area contributed by atoms with Crippen molar-refractivity contribution in [3.05, 3.63) is 101 Å². The predicted molar refractivity (Wildman–Crippen MR) is 140 cm³/mol. The average Bonchev–Trinajstić information content (AvgIpc) is 2.86. The van der Waals surface area contributed by atoms with Crippen LogP contribution in [0.1, 0.15) is 50.3 Å². The van der Waals surface area contributed by atoms with Gasteiger partial charge in [0.15, 0.2) is 6.61 Å². The van der Waals surface area contributed by atoms with Crippen LogP contribution in [0.3, 0.4) is 0 Å². The second kappa shape index (κ2) is 12.9. The number of para-hydroxylation sites is 1. The third kappa shape index (κ3) is 7.41. The lowest BCUT2D eigenvalue weighted by Crippen LogP contribution is -2.53. The molecule has 36 heavy (non-hydrogen) atoms. The number of carbonyl (C=O) groups excluding carboxylic acids is 2. The molecular formula is C30H35FN2O3. The van der Waals surface area contributed by atoms with Crippen LogP contribution < -0.4 is 10.1 Å². The molecule has 0 aromatic heterocycles. The minimum absolute atomic E-state index is 0.0519. The molecule has 0 aliphatic heterocycles. The molecule has 0 aliphatic rings. The Morgan fingerprint density at radius 3 is 2.19 bits per heavy atom. The SMILES string of the molecule is CC(C)NC(=O)[C@H](Cc1ccccc1)N(Cc1ccccc1F)C(=O)COc1ccccc1C(C)C. The van der Waals surface area contributed by atoms with Crippen LogP contribution in [0, 0.1) is 5.82 Å². The Kier molecular flexibility index (Phi) is 9.62. The molecule has 0 saturated heterocycles. The fraction of sp³-hybridized carbons (Fsp3) is 0.333. The minimum Gasteiger partial charge on any atom is -0.483 e. The van der Waals surface area contributed by atoms with Crippen molar-refractivity contribution in [1.82, 2.24) is 10.2 Å². The van der Waals surface area contributed by atoms with Crippen LogP contribution in [0.25, 0.3) is 0 Å². The first-order valence-corrected chi connectivity index (χ1v) is 12.3. The molecule has 0 bridgehead atoms. The number of halogens is 1. The minimum atomic E-state index is -0.842. The summed E-state index contributed by atoms with van der Waals surface area (Å²) in [5.74, 6) is -0.270. The summed E-state index contributed by atoms with van der Waals surface area (Å²) in [4.78, 5) is 28.4. The van der Waals surface area contributed by atoms with E-state index in [1.807, 2.05) is 68.4 Å². The summed E-state index contributed by atoms with van der Waals surface area (Å²) in [5, 5.41) is 2.93. The summed E-state index contributed by atoms with van der Waals surface area (Å²) in [7, 11) is 0. The van der Waals surface area contributed by atoms with Crippen molar-refractivity contribution in [2.45, 2.75) is 58.7 Å². The van der Waals surface area contributed by atoms with E-state index in [1.165, 1.54) is 11.0 Å². The largest absolute Gasteiger partial charge is 0.483 e. The average molecular weight is 491 g/mol. The van der Waals surface area contributed by atoms with E-state index in [9.17, 15) is 14.0 Å². The van der Waals surface area contributed by atoms with Gasteiger partial charge in [-0.2, -0.15) is 0 Å². The van der Waals surface area contributed by atoms with Crippen molar-refractivity contribution < 1.29 is 18.7 Å². The van der Waals surface area contributed by atoms with Gasteiger partial charge in [0.05, 0.1) is 0 Å². The highest BCUT2D eigenvalue weighted by molar-refractivity contribution is 5.88. The number of benzene rings is 3. The van der Waals surface area contributed by atoms with Crippen molar-refractivity contribution in [1.29, 1.82) is 0 Å². The summed E-state index contributed by atoms with van der Waals surface area (Å²) >= 11 is 0. The predicted octanol–water partition coefficient (Wildman–Crippen LogP) is 5.49. The van der Waals surface area contributed by atoms with Crippen LogP contribution in [-0.2, 0) is 22.6 Å². The maximum atomic E-state index is 14.6. The van der Waals surface area contributed by atoms with Gasteiger partial charge >= 0.3 is 0 Å². The molecule has 0 fully saturated rings. The lowest BCUT2D eigenvalue weighted by molar-refractivity contribution is -0.143. The van der Waals surface area contributed by atoms with Gasteiger partial charge in [-0.05, 0) is 43.0 Å². The van der Waals surface area contributed by atoms with Crippen molar-refractivity contribution in [2.75, 3.05) is 6.61 Å². The van der Waals surface area contributed by atoms with Gasteiger partial charge < -0.3 is 15.0 Å². The molecule has 0 unspecified atom stereocenters. The number of ether oxygens (including phenoxy) is 1. The molecule has 1 N–H and O–H groups in total. The molecule has 5 nitrogen and oxygen atoms in total. The molecule has 0 saturated carbocycles. The van der Waals surface area contributed by atoms with E-state index in [1.54, 1.807) is 18.2 Å². The van der Waals surface area contributed by atoms with Gasteiger partial charge in [-0.1, -0.05) is 80.6 Å². The molecular weight excluding hydrogens is 455 g/mol. The molecule has 1 atom stereocenters. The second-order valence-corrected chi connectivity index (χ2v) is 9.46. The monoisotopic (exact) mass is 490 g/mol. The van der Waals surface area contributed by atoms with Gasteiger partial charge in [0.2, 0.25) is 5.91 Å². The summed E-state index contributed by atoms with van der Waals surface area (Å²) in [6.45, 7) is 7.53. The highest BCUT2D eigenvalue weighted by Crippen LogP contribution is 2.26. The molecule has 0 spiro atoms. The van der Waals surface area contributed by atoms with Gasteiger partial charge in [0.25, 0.3) is 5.91 Å². The maximum absolute atomic E-state index is 14.6. The molecule has 0 radical (unpaired) electrons. The van der Waals surface area contributed by atoms with Crippen LogP contribution in [0.5, 0.6) is 5.75 Å².